The normalized spacial score (nSPS) is 11.7. The maximum absolute atomic E-state index is 11.6. The molecule has 0 aliphatic rings. The third-order valence-corrected chi connectivity index (χ3v) is 2.29. The SMILES string of the molecule is C=CCOC(=O)N(C(=S)S)C(C)CCC. The third-order valence-electron chi connectivity index (χ3n) is 1.87. The van der Waals surface area contributed by atoms with Gasteiger partial charge in [0, 0.05) is 6.04 Å². The lowest BCUT2D eigenvalue weighted by Crippen LogP contribution is -2.40. The van der Waals surface area contributed by atoms with Gasteiger partial charge in [-0.3, -0.25) is 4.90 Å². The maximum atomic E-state index is 11.6. The average molecular weight is 247 g/mol. The summed E-state index contributed by atoms with van der Waals surface area (Å²) in [6.45, 7) is 7.62. The molecule has 0 saturated heterocycles. The van der Waals surface area contributed by atoms with Crippen LogP contribution >= 0.6 is 24.8 Å². The lowest BCUT2D eigenvalue weighted by Gasteiger charge is -2.26. The number of thiol groups is 1. The number of hydrogen-bond acceptors (Lipinski definition) is 3. The van der Waals surface area contributed by atoms with E-state index in [1.807, 2.05) is 13.8 Å². The zero-order valence-electron chi connectivity index (χ0n) is 9.10. The zero-order valence-corrected chi connectivity index (χ0v) is 10.8. The van der Waals surface area contributed by atoms with Crippen LogP contribution in [0.4, 0.5) is 4.79 Å². The van der Waals surface area contributed by atoms with Crippen LogP contribution < -0.4 is 0 Å². The first-order valence-electron chi connectivity index (χ1n) is 4.84. The lowest BCUT2D eigenvalue weighted by atomic mass is 10.2. The van der Waals surface area contributed by atoms with Gasteiger partial charge in [-0.25, -0.2) is 4.79 Å². The molecule has 0 fully saturated rings. The highest BCUT2D eigenvalue weighted by Crippen LogP contribution is 2.11. The predicted molar refractivity (Wildman–Crippen MR) is 69.3 cm³/mol. The first-order valence-corrected chi connectivity index (χ1v) is 5.69. The minimum atomic E-state index is -0.462. The number of nitrogens with zero attached hydrogens (tertiary/aromatic N) is 1. The van der Waals surface area contributed by atoms with Crippen LogP contribution in [0, 0.1) is 0 Å². The van der Waals surface area contributed by atoms with E-state index in [1.165, 1.54) is 11.0 Å². The monoisotopic (exact) mass is 247 g/mol. The molecule has 0 spiro atoms. The van der Waals surface area contributed by atoms with Crippen molar-refractivity contribution in [1.82, 2.24) is 4.90 Å². The summed E-state index contributed by atoms with van der Waals surface area (Å²) in [4.78, 5) is 13.0. The van der Waals surface area contributed by atoms with Crippen molar-refractivity contribution in [3.8, 4) is 0 Å². The van der Waals surface area contributed by atoms with Gasteiger partial charge in [-0.2, -0.15) is 0 Å². The number of carbonyl (C=O) groups is 1. The molecule has 0 radical (unpaired) electrons. The summed E-state index contributed by atoms with van der Waals surface area (Å²) in [7, 11) is 0. The molecule has 0 saturated carbocycles. The summed E-state index contributed by atoms with van der Waals surface area (Å²) in [6, 6.07) is 0.0114. The van der Waals surface area contributed by atoms with Gasteiger partial charge in [-0.15, -0.1) is 12.6 Å². The van der Waals surface area contributed by atoms with Crippen molar-refractivity contribution in [3.05, 3.63) is 12.7 Å². The molecule has 0 aliphatic carbocycles. The van der Waals surface area contributed by atoms with E-state index < -0.39 is 6.09 Å². The van der Waals surface area contributed by atoms with Crippen LogP contribution in [0.3, 0.4) is 0 Å². The van der Waals surface area contributed by atoms with Gasteiger partial charge in [0.25, 0.3) is 0 Å². The third kappa shape index (κ3) is 5.18. The Morgan fingerprint density at radius 3 is 2.73 bits per heavy atom. The second kappa shape index (κ2) is 7.70. The van der Waals surface area contributed by atoms with Crippen LogP contribution in [0.25, 0.3) is 0 Å². The summed E-state index contributed by atoms with van der Waals surface area (Å²) < 4.78 is 5.16. The molecule has 0 aliphatic heterocycles. The van der Waals surface area contributed by atoms with Crippen LogP contribution in [0.5, 0.6) is 0 Å². The van der Waals surface area contributed by atoms with Crippen molar-refractivity contribution in [2.24, 2.45) is 0 Å². The van der Waals surface area contributed by atoms with Crippen LogP contribution in [-0.2, 0) is 4.74 Å². The van der Waals surface area contributed by atoms with E-state index in [0.717, 1.165) is 12.8 Å². The molecule has 1 amide bonds. The molecule has 0 heterocycles. The Balaban J connectivity index is 4.43. The number of rotatable bonds is 5. The first-order chi connectivity index (χ1) is 7.04. The van der Waals surface area contributed by atoms with Gasteiger partial charge < -0.3 is 4.74 Å². The molecule has 0 N–H and O–H groups in total. The number of amides is 1. The minimum absolute atomic E-state index is 0.0114. The lowest BCUT2D eigenvalue weighted by molar-refractivity contribution is 0.125. The van der Waals surface area contributed by atoms with Crippen molar-refractivity contribution in [3.63, 3.8) is 0 Å². The Kier molecular flexibility index (Phi) is 7.42. The summed E-state index contributed by atoms with van der Waals surface area (Å²) in [5.74, 6) is 0. The molecule has 86 valence electrons. The van der Waals surface area contributed by atoms with Gasteiger partial charge in [-0.1, -0.05) is 38.2 Å². The molecule has 0 rings (SSSR count). The number of ether oxygens (including phenoxy) is 1. The van der Waals surface area contributed by atoms with E-state index in [4.69, 9.17) is 17.0 Å². The molecular weight excluding hydrogens is 230 g/mol. The highest BCUT2D eigenvalue weighted by atomic mass is 32.1. The van der Waals surface area contributed by atoms with Gasteiger partial charge in [0.15, 0.2) is 0 Å². The molecule has 1 atom stereocenters. The number of hydrogen-bond donors (Lipinski definition) is 1. The number of carbonyl (C=O) groups excluding carboxylic acids is 1. The largest absolute Gasteiger partial charge is 0.445 e. The molecule has 15 heavy (non-hydrogen) atoms. The van der Waals surface area contributed by atoms with Gasteiger partial charge >= 0.3 is 6.09 Å². The second-order valence-electron chi connectivity index (χ2n) is 3.16. The molecule has 0 aromatic carbocycles. The molecule has 0 bridgehead atoms. The smallest absolute Gasteiger partial charge is 0.415 e. The van der Waals surface area contributed by atoms with Crippen LogP contribution in [-0.4, -0.2) is 28.0 Å². The summed E-state index contributed by atoms with van der Waals surface area (Å²) in [5.41, 5.74) is 0. The van der Waals surface area contributed by atoms with Crippen LogP contribution in [0.2, 0.25) is 0 Å². The Morgan fingerprint density at radius 1 is 1.73 bits per heavy atom. The summed E-state index contributed by atoms with van der Waals surface area (Å²) in [5, 5.41) is 0. The molecule has 0 aromatic rings. The minimum Gasteiger partial charge on any atom is -0.445 e. The van der Waals surface area contributed by atoms with Gasteiger partial charge in [-0.05, 0) is 13.3 Å². The van der Waals surface area contributed by atoms with E-state index in [2.05, 4.69) is 19.2 Å². The fraction of sp³-hybridized carbons (Fsp3) is 0.600. The molecular formula is C10H17NO2S2. The first kappa shape index (κ1) is 14.5. The number of thiocarbonyl (C=S) groups is 1. The Bertz CT molecular complexity index is 244. The Labute approximate surface area is 102 Å². The fourth-order valence-electron chi connectivity index (χ4n) is 1.19. The average Bonchev–Trinajstić information content (AvgIpc) is 2.14. The van der Waals surface area contributed by atoms with Crippen molar-refractivity contribution in [2.45, 2.75) is 32.7 Å². The Hall–Kier alpha value is -0.550. The van der Waals surface area contributed by atoms with E-state index >= 15 is 0 Å². The van der Waals surface area contributed by atoms with E-state index in [9.17, 15) is 4.79 Å². The molecule has 5 heteroatoms. The molecule has 1 unspecified atom stereocenters. The van der Waals surface area contributed by atoms with E-state index in [-0.39, 0.29) is 17.0 Å². The van der Waals surface area contributed by atoms with Gasteiger partial charge in [0.05, 0.1) is 0 Å². The fourth-order valence-corrected chi connectivity index (χ4v) is 1.73. The quantitative estimate of drug-likeness (QED) is 0.460. The van der Waals surface area contributed by atoms with E-state index in [0.29, 0.717) is 0 Å². The molecule has 0 aromatic heterocycles. The standard InChI is InChI=1S/C10H17NO2S2/c1-4-6-8(3)11(10(14)15)9(12)13-7-5-2/h5,8H,2,4,6-7H2,1,3H3,(H,14,15). The van der Waals surface area contributed by atoms with Gasteiger partial charge in [0.1, 0.15) is 10.9 Å². The van der Waals surface area contributed by atoms with Crippen molar-refractivity contribution < 1.29 is 9.53 Å². The van der Waals surface area contributed by atoms with Crippen molar-refractivity contribution in [2.75, 3.05) is 6.61 Å². The second-order valence-corrected chi connectivity index (χ2v) is 4.27. The zero-order chi connectivity index (χ0) is 11.8. The van der Waals surface area contributed by atoms with Crippen molar-refractivity contribution >= 4 is 35.3 Å². The maximum Gasteiger partial charge on any atom is 0.415 e. The van der Waals surface area contributed by atoms with Gasteiger partial charge in [0.2, 0.25) is 0 Å². The summed E-state index contributed by atoms with van der Waals surface area (Å²) >= 11 is 8.91. The van der Waals surface area contributed by atoms with Crippen LogP contribution in [0.1, 0.15) is 26.7 Å². The highest BCUT2D eigenvalue weighted by Gasteiger charge is 2.22. The highest BCUT2D eigenvalue weighted by molar-refractivity contribution is 8.11. The summed E-state index contributed by atoms with van der Waals surface area (Å²) in [6.07, 6.45) is 2.89. The predicted octanol–water partition coefficient (Wildman–Crippen LogP) is 3.01. The van der Waals surface area contributed by atoms with Crippen molar-refractivity contribution in [1.29, 1.82) is 0 Å². The topological polar surface area (TPSA) is 29.5 Å². The Morgan fingerprint density at radius 2 is 2.33 bits per heavy atom. The molecule has 3 nitrogen and oxygen atoms in total. The van der Waals surface area contributed by atoms with E-state index in [1.54, 1.807) is 0 Å². The van der Waals surface area contributed by atoms with Crippen LogP contribution in [0.15, 0.2) is 12.7 Å².